The first-order valence-electron chi connectivity index (χ1n) is 9.19. The van der Waals surface area contributed by atoms with Crippen LogP contribution < -0.4 is 19.7 Å². The van der Waals surface area contributed by atoms with Crippen LogP contribution in [0.1, 0.15) is 6.92 Å². The predicted molar refractivity (Wildman–Crippen MR) is 108 cm³/mol. The third-order valence-corrected chi connectivity index (χ3v) is 3.92. The molecule has 2 aromatic rings. The fraction of sp³-hybridized carbons (Fsp3) is 0.333. The maximum absolute atomic E-state index is 12.1. The van der Waals surface area contributed by atoms with Gasteiger partial charge in [0.05, 0.1) is 13.7 Å². The monoisotopic (exact) mass is 386 g/mol. The van der Waals surface area contributed by atoms with E-state index in [4.69, 9.17) is 9.47 Å². The van der Waals surface area contributed by atoms with Gasteiger partial charge in [-0.2, -0.15) is 0 Å². The highest BCUT2D eigenvalue weighted by molar-refractivity contribution is 5.91. The number of hydrogen-bond acceptors (Lipinski definition) is 4. The molecule has 0 saturated carbocycles. The number of ether oxygens (including phenoxy) is 2. The van der Waals surface area contributed by atoms with E-state index in [1.54, 1.807) is 38.4 Å². The van der Waals surface area contributed by atoms with Crippen molar-refractivity contribution in [2.24, 2.45) is 0 Å². The Balaban J connectivity index is 1.84. The Morgan fingerprint density at radius 2 is 1.46 bits per heavy atom. The van der Waals surface area contributed by atoms with Crippen LogP contribution in [0.25, 0.3) is 0 Å². The van der Waals surface area contributed by atoms with E-state index in [0.29, 0.717) is 23.8 Å². The van der Waals surface area contributed by atoms with Crippen molar-refractivity contribution in [2.45, 2.75) is 6.92 Å². The molecule has 0 heterocycles. The van der Waals surface area contributed by atoms with E-state index in [2.05, 4.69) is 5.32 Å². The van der Waals surface area contributed by atoms with Gasteiger partial charge < -0.3 is 24.6 Å². The first-order valence-corrected chi connectivity index (χ1v) is 9.19. The first-order chi connectivity index (χ1) is 13.4. The Kier molecular flexibility index (Phi) is 7.83. The summed E-state index contributed by atoms with van der Waals surface area (Å²) in [6.45, 7) is 3.04. The van der Waals surface area contributed by atoms with Crippen LogP contribution >= 0.6 is 0 Å². The second-order valence-electron chi connectivity index (χ2n) is 6.68. The van der Waals surface area contributed by atoms with Crippen LogP contribution in [-0.4, -0.2) is 57.6 Å². The number of anilines is 1. The third kappa shape index (κ3) is 6.92. The molecule has 150 valence electrons. The third-order valence-electron chi connectivity index (χ3n) is 3.92. The minimum atomic E-state index is -0.149. The molecule has 0 spiro atoms. The Labute approximate surface area is 165 Å². The SMILES string of the molecule is CCOc1ccc(Oc2ccc(NC(=O)C[NH+](C)CC(=O)N(C)C)cc2)cc1. The van der Waals surface area contributed by atoms with Crippen LogP contribution in [0.2, 0.25) is 0 Å². The average Bonchev–Trinajstić information content (AvgIpc) is 2.65. The zero-order valence-electron chi connectivity index (χ0n) is 16.8. The number of hydrogen-bond donors (Lipinski definition) is 2. The lowest BCUT2D eigenvalue weighted by atomic mass is 10.3. The lowest BCUT2D eigenvalue weighted by Gasteiger charge is -2.16. The molecule has 28 heavy (non-hydrogen) atoms. The number of carbonyl (C=O) groups is 2. The van der Waals surface area contributed by atoms with Crippen molar-refractivity contribution in [2.75, 3.05) is 46.2 Å². The Morgan fingerprint density at radius 1 is 0.929 bits per heavy atom. The number of likely N-dealkylation sites (N-methyl/N-ethyl adjacent to an activating group) is 2. The summed E-state index contributed by atoms with van der Waals surface area (Å²) in [5.74, 6) is 2.01. The zero-order chi connectivity index (χ0) is 20.5. The molecule has 1 unspecified atom stereocenters. The Hall–Kier alpha value is -3.06. The Morgan fingerprint density at radius 3 is 2.00 bits per heavy atom. The molecule has 0 saturated heterocycles. The normalized spacial score (nSPS) is 11.4. The molecule has 0 aliphatic rings. The van der Waals surface area contributed by atoms with Crippen molar-refractivity contribution in [3.05, 3.63) is 48.5 Å². The molecule has 2 N–H and O–H groups in total. The molecule has 0 aliphatic heterocycles. The second kappa shape index (κ2) is 10.3. The molecule has 0 fully saturated rings. The summed E-state index contributed by atoms with van der Waals surface area (Å²) in [5, 5.41) is 2.83. The van der Waals surface area contributed by atoms with Gasteiger partial charge in [0.2, 0.25) is 0 Å². The average molecular weight is 386 g/mol. The van der Waals surface area contributed by atoms with Crippen LogP contribution in [0.15, 0.2) is 48.5 Å². The molecular formula is C21H28N3O4+. The second-order valence-corrected chi connectivity index (χ2v) is 6.68. The van der Waals surface area contributed by atoms with Crippen molar-refractivity contribution in [1.29, 1.82) is 0 Å². The maximum atomic E-state index is 12.1. The summed E-state index contributed by atoms with van der Waals surface area (Å²) in [4.78, 5) is 26.2. The van der Waals surface area contributed by atoms with Gasteiger partial charge in [0.1, 0.15) is 17.2 Å². The largest absolute Gasteiger partial charge is 0.494 e. The lowest BCUT2D eigenvalue weighted by Crippen LogP contribution is -3.11. The molecule has 7 heteroatoms. The highest BCUT2D eigenvalue weighted by atomic mass is 16.5. The minimum absolute atomic E-state index is 0.0129. The van der Waals surface area contributed by atoms with Crippen LogP contribution in [0.5, 0.6) is 17.2 Å². The topological polar surface area (TPSA) is 72.3 Å². The van der Waals surface area contributed by atoms with E-state index in [1.807, 2.05) is 38.2 Å². The van der Waals surface area contributed by atoms with Crippen molar-refractivity contribution >= 4 is 17.5 Å². The minimum Gasteiger partial charge on any atom is -0.494 e. The summed E-state index contributed by atoms with van der Waals surface area (Å²) in [5.41, 5.74) is 0.677. The summed E-state index contributed by atoms with van der Waals surface area (Å²) in [7, 11) is 5.22. The van der Waals surface area contributed by atoms with Gasteiger partial charge in [-0.25, -0.2) is 0 Å². The van der Waals surface area contributed by atoms with Gasteiger partial charge in [-0.05, 0) is 55.5 Å². The maximum Gasteiger partial charge on any atom is 0.279 e. The smallest absolute Gasteiger partial charge is 0.279 e. The van der Waals surface area contributed by atoms with Gasteiger partial charge in [-0.1, -0.05) is 0 Å². The summed E-state index contributed by atoms with van der Waals surface area (Å²) in [6.07, 6.45) is 0. The number of amides is 2. The lowest BCUT2D eigenvalue weighted by molar-refractivity contribution is -0.862. The van der Waals surface area contributed by atoms with E-state index in [-0.39, 0.29) is 24.9 Å². The van der Waals surface area contributed by atoms with Crippen LogP contribution in [0, 0.1) is 0 Å². The van der Waals surface area contributed by atoms with Gasteiger partial charge in [0, 0.05) is 19.8 Å². The molecule has 0 aliphatic carbocycles. The van der Waals surface area contributed by atoms with E-state index < -0.39 is 0 Å². The number of nitrogens with one attached hydrogen (secondary N) is 2. The predicted octanol–water partition coefficient (Wildman–Crippen LogP) is 1.42. The van der Waals surface area contributed by atoms with E-state index >= 15 is 0 Å². The van der Waals surface area contributed by atoms with Crippen LogP contribution in [-0.2, 0) is 9.59 Å². The quantitative estimate of drug-likeness (QED) is 0.684. The van der Waals surface area contributed by atoms with Gasteiger partial charge in [-0.15, -0.1) is 0 Å². The van der Waals surface area contributed by atoms with Crippen molar-refractivity contribution in [1.82, 2.24) is 4.90 Å². The van der Waals surface area contributed by atoms with E-state index in [9.17, 15) is 9.59 Å². The van der Waals surface area contributed by atoms with Crippen LogP contribution in [0.3, 0.4) is 0 Å². The van der Waals surface area contributed by atoms with Crippen molar-refractivity contribution in [3.63, 3.8) is 0 Å². The standard InChI is InChI=1S/C21H27N3O4/c1-5-27-17-10-12-19(13-11-17)28-18-8-6-16(7-9-18)22-20(25)14-24(4)15-21(26)23(2)3/h6-13H,5,14-15H2,1-4H3,(H,22,25)/p+1. The number of quaternary nitrogens is 1. The summed E-state index contributed by atoms with van der Waals surface area (Å²) in [6, 6.07) is 14.5. The molecule has 2 rings (SSSR count). The fourth-order valence-electron chi connectivity index (χ4n) is 2.47. The molecule has 2 aromatic carbocycles. The van der Waals surface area contributed by atoms with Gasteiger partial charge >= 0.3 is 0 Å². The van der Waals surface area contributed by atoms with Gasteiger partial charge in [-0.3, -0.25) is 9.59 Å². The Bertz CT molecular complexity index is 773. The highest BCUT2D eigenvalue weighted by Gasteiger charge is 2.15. The zero-order valence-corrected chi connectivity index (χ0v) is 16.8. The number of carbonyl (C=O) groups excluding carboxylic acids is 2. The molecule has 0 aromatic heterocycles. The molecule has 0 bridgehead atoms. The fourth-order valence-corrected chi connectivity index (χ4v) is 2.47. The molecule has 2 amide bonds. The van der Waals surface area contributed by atoms with Crippen LogP contribution in [0.4, 0.5) is 5.69 Å². The van der Waals surface area contributed by atoms with Crippen molar-refractivity contribution in [3.8, 4) is 17.2 Å². The van der Waals surface area contributed by atoms with Gasteiger partial charge in [0.15, 0.2) is 13.1 Å². The van der Waals surface area contributed by atoms with E-state index in [0.717, 1.165) is 10.6 Å². The van der Waals surface area contributed by atoms with Gasteiger partial charge in [0.25, 0.3) is 11.8 Å². The molecule has 1 atom stereocenters. The molecular weight excluding hydrogens is 358 g/mol. The number of benzene rings is 2. The number of rotatable bonds is 9. The van der Waals surface area contributed by atoms with E-state index in [1.165, 1.54) is 4.90 Å². The molecule has 0 radical (unpaired) electrons. The summed E-state index contributed by atoms with van der Waals surface area (Å²) < 4.78 is 11.2. The first kappa shape index (κ1) is 21.2. The highest BCUT2D eigenvalue weighted by Crippen LogP contribution is 2.25. The van der Waals surface area contributed by atoms with Crippen molar-refractivity contribution < 1.29 is 24.0 Å². The number of nitrogens with zero attached hydrogens (tertiary/aromatic N) is 1. The molecule has 7 nitrogen and oxygen atoms in total. The summed E-state index contributed by atoms with van der Waals surface area (Å²) >= 11 is 0.